The molecule has 0 amide bonds. The van der Waals surface area contributed by atoms with Crippen molar-refractivity contribution in [2.75, 3.05) is 26.2 Å². The third-order valence-electron chi connectivity index (χ3n) is 7.31. The first kappa shape index (κ1) is 25.4. The fourth-order valence-electron chi connectivity index (χ4n) is 5.37. The molecule has 1 atom stereocenters. The topological polar surface area (TPSA) is 40.2 Å². The summed E-state index contributed by atoms with van der Waals surface area (Å²) in [5.41, 5.74) is 7.47. The van der Waals surface area contributed by atoms with Crippen LogP contribution in [0.1, 0.15) is 22.8 Å². The summed E-state index contributed by atoms with van der Waals surface area (Å²) in [6.45, 7) is 0.728. The maximum Gasteiger partial charge on any atom is 0.161 e. The third-order valence-corrected chi connectivity index (χ3v) is 7.31. The summed E-state index contributed by atoms with van der Waals surface area (Å²) in [6.07, 6.45) is -0.358. The molecule has 1 aliphatic rings. The molecule has 0 aliphatic carbocycles. The summed E-state index contributed by atoms with van der Waals surface area (Å²) in [4.78, 5) is 2.33. The van der Waals surface area contributed by atoms with Crippen molar-refractivity contribution < 1.29 is 18.9 Å². The number of hydrogen-bond donors (Lipinski definition) is 0. The number of anilines is 2. The Morgan fingerprint density at radius 1 is 0.625 bits per heavy atom. The highest BCUT2D eigenvalue weighted by Crippen LogP contribution is 2.50. The van der Waals surface area contributed by atoms with Crippen LogP contribution in [0.3, 0.4) is 0 Å². The standard InChI is InChI=1S/C35H31NO4/c1-37-30-20-17-25(21-33(30)39-3)35-29-22-27(18-19-28(29)34-31(38-2)15-10-16-32(34)40-35)36(26-13-8-5-9-14-26)23-24-11-6-4-7-12-24/h4-22,35H,23H2,1-3H3. The normalized spacial score (nSPS) is 13.4. The molecule has 40 heavy (non-hydrogen) atoms. The second kappa shape index (κ2) is 11.1. The van der Waals surface area contributed by atoms with E-state index in [0.717, 1.165) is 51.7 Å². The van der Waals surface area contributed by atoms with Crippen molar-refractivity contribution in [1.82, 2.24) is 0 Å². The molecule has 0 N–H and O–H groups in total. The van der Waals surface area contributed by atoms with Crippen LogP contribution in [-0.2, 0) is 6.54 Å². The van der Waals surface area contributed by atoms with Crippen LogP contribution in [0.2, 0.25) is 0 Å². The van der Waals surface area contributed by atoms with Gasteiger partial charge in [-0.15, -0.1) is 0 Å². The molecule has 200 valence electrons. The van der Waals surface area contributed by atoms with E-state index in [2.05, 4.69) is 71.6 Å². The molecule has 0 aromatic heterocycles. The Balaban J connectivity index is 1.53. The second-order valence-electron chi connectivity index (χ2n) is 9.62. The summed E-state index contributed by atoms with van der Waals surface area (Å²) < 4.78 is 23.6. The molecule has 5 aromatic carbocycles. The number of para-hydroxylation sites is 1. The predicted octanol–water partition coefficient (Wildman–Crippen LogP) is 8.20. The lowest BCUT2D eigenvalue weighted by atomic mass is 9.88. The number of benzene rings is 5. The minimum atomic E-state index is -0.358. The van der Waals surface area contributed by atoms with Crippen molar-refractivity contribution in [1.29, 1.82) is 0 Å². The van der Waals surface area contributed by atoms with E-state index in [4.69, 9.17) is 18.9 Å². The summed E-state index contributed by atoms with van der Waals surface area (Å²) in [5, 5.41) is 0. The van der Waals surface area contributed by atoms with Crippen LogP contribution in [0.4, 0.5) is 11.4 Å². The monoisotopic (exact) mass is 529 g/mol. The van der Waals surface area contributed by atoms with Gasteiger partial charge in [-0.25, -0.2) is 0 Å². The summed E-state index contributed by atoms with van der Waals surface area (Å²) >= 11 is 0. The first-order valence-electron chi connectivity index (χ1n) is 13.3. The van der Waals surface area contributed by atoms with Crippen LogP contribution in [0, 0.1) is 0 Å². The largest absolute Gasteiger partial charge is 0.496 e. The van der Waals surface area contributed by atoms with Gasteiger partial charge in [-0.2, -0.15) is 0 Å². The molecule has 5 aromatic rings. The Kier molecular flexibility index (Phi) is 7.02. The molecule has 6 rings (SSSR count). The Bertz CT molecular complexity index is 1620. The van der Waals surface area contributed by atoms with Crippen molar-refractivity contribution in [3.05, 3.63) is 132 Å². The fourth-order valence-corrected chi connectivity index (χ4v) is 5.37. The molecule has 0 bridgehead atoms. The van der Waals surface area contributed by atoms with Crippen LogP contribution < -0.4 is 23.8 Å². The first-order valence-corrected chi connectivity index (χ1v) is 13.3. The number of rotatable bonds is 8. The number of fused-ring (bicyclic) bond motifs is 3. The van der Waals surface area contributed by atoms with Crippen molar-refractivity contribution in [2.24, 2.45) is 0 Å². The number of hydrogen-bond acceptors (Lipinski definition) is 5. The lowest BCUT2D eigenvalue weighted by Crippen LogP contribution is -2.19. The Morgan fingerprint density at radius 2 is 1.35 bits per heavy atom. The van der Waals surface area contributed by atoms with Gasteiger partial charge in [0.2, 0.25) is 0 Å². The van der Waals surface area contributed by atoms with Crippen LogP contribution in [0.25, 0.3) is 11.1 Å². The molecule has 5 nitrogen and oxygen atoms in total. The van der Waals surface area contributed by atoms with Crippen molar-refractivity contribution >= 4 is 11.4 Å². The number of methoxy groups -OCH3 is 3. The highest BCUT2D eigenvalue weighted by Gasteiger charge is 2.31. The smallest absolute Gasteiger partial charge is 0.161 e. The molecule has 5 heteroatoms. The van der Waals surface area contributed by atoms with Gasteiger partial charge < -0.3 is 23.8 Å². The average Bonchev–Trinajstić information content (AvgIpc) is 3.03. The van der Waals surface area contributed by atoms with Gasteiger partial charge in [0.15, 0.2) is 11.5 Å². The first-order chi connectivity index (χ1) is 19.7. The molecule has 0 saturated heterocycles. The maximum atomic E-state index is 6.72. The number of ether oxygens (including phenoxy) is 4. The van der Waals surface area contributed by atoms with Crippen LogP contribution in [0.5, 0.6) is 23.0 Å². The van der Waals surface area contributed by atoms with E-state index in [0.29, 0.717) is 11.5 Å². The molecular weight excluding hydrogens is 498 g/mol. The van der Waals surface area contributed by atoms with Gasteiger partial charge in [0.05, 0.1) is 26.9 Å². The molecule has 1 unspecified atom stereocenters. The van der Waals surface area contributed by atoms with E-state index in [1.807, 2.05) is 48.5 Å². The van der Waals surface area contributed by atoms with E-state index < -0.39 is 0 Å². The maximum absolute atomic E-state index is 6.72. The SMILES string of the molecule is COc1ccc(C2Oc3cccc(OC)c3-c3ccc(N(Cc4ccccc4)c4ccccc4)cc32)cc1OC. The highest BCUT2D eigenvalue weighted by atomic mass is 16.5. The van der Waals surface area contributed by atoms with Gasteiger partial charge in [-0.3, -0.25) is 0 Å². The molecule has 0 saturated carbocycles. The van der Waals surface area contributed by atoms with E-state index in [1.165, 1.54) is 5.56 Å². The van der Waals surface area contributed by atoms with E-state index in [1.54, 1.807) is 21.3 Å². The Morgan fingerprint density at radius 3 is 2.08 bits per heavy atom. The van der Waals surface area contributed by atoms with Crippen LogP contribution >= 0.6 is 0 Å². The average molecular weight is 530 g/mol. The highest BCUT2D eigenvalue weighted by molar-refractivity contribution is 5.84. The molecule has 0 spiro atoms. The zero-order valence-electron chi connectivity index (χ0n) is 22.8. The second-order valence-corrected chi connectivity index (χ2v) is 9.62. The lowest BCUT2D eigenvalue weighted by Gasteiger charge is -2.32. The van der Waals surface area contributed by atoms with Gasteiger partial charge in [-0.05, 0) is 59.7 Å². The van der Waals surface area contributed by atoms with Gasteiger partial charge in [0.1, 0.15) is 17.6 Å². The van der Waals surface area contributed by atoms with Crippen molar-refractivity contribution in [2.45, 2.75) is 12.6 Å². The number of nitrogens with zero attached hydrogens (tertiary/aromatic N) is 1. The zero-order chi connectivity index (χ0) is 27.5. The minimum absolute atomic E-state index is 0.358. The minimum Gasteiger partial charge on any atom is -0.496 e. The van der Waals surface area contributed by atoms with Gasteiger partial charge in [0.25, 0.3) is 0 Å². The molecular formula is C35H31NO4. The van der Waals surface area contributed by atoms with E-state index >= 15 is 0 Å². The third kappa shape index (κ3) is 4.71. The fraction of sp³-hybridized carbons (Fsp3) is 0.143. The zero-order valence-corrected chi connectivity index (χ0v) is 22.8. The predicted molar refractivity (Wildman–Crippen MR) is 159 cm³/mol. The molecule has 0 fully saturated rings. The molecule has 0 radical (unpaired) electrons. The van der Waals surface area contributed by atoms with Gasteiger partial charge in [-0.1, -0.05) is 66.7 Å². The summed E-state index contributed by atoms with van der Waals surface area (Å²) in [6, 6.07) is 39.5. The van der Waals surface area contributed by atoms with E-state index in [-0.39, 0.29) is 6.10 Å². The quantitative estimate of drug-likeness (QED) is 0.203. The lowest BCUT2D eigenvalue weighted by molar-refractivity contribution is 0.241. The Hall–Kier alpha value is -4.90. The van der Waals surface area contributed by atoms with E-state index in [9.17, 15) is 0 Å². The Labute approximate surface area is 235 Å². The van der Waals surface area contributed by atoms with Crippen molar-refractivity contribution in [3.63, 3.8) is 0 Å². The van der Waals surface area contributed by atoms with Gasteiger partial charge >= 0.3 is 0 Å². The summed E-state index contributed by atoms with van der Waals surface area (Å²) in [5.74, 6) is 2.90. The van der Waals surface area contributed by atoms with Gasteiger partial charge in [0, 0.05) is 29.0 Å². The molecule has 1 aliphatic heterocycles. The van der Waals surface area contributed by atoms with Crippen LogP contribution in [0.15, 0.2) is 115 Å². The molecule has 1 heterocycles. The van der Waals surface area contributed by atoms with Crippen LogP contribution in [-0.4, -0.2) is 21.3 Å². The van der Waals surface area contributed by atoms with Crippen molar-refractivity contribution in [3.8, 4) is 34.1 Å². The summed E-state index contributed by atoms with van der Waals surface area (Å²) in [7, 11) is 4.99.